The molecular weight excluding hydrogens is 383 g/mol. The van der Waals surface area contributed by atoms with Gasteiger partial charge in [0.2, 0.25) is 0 Å². The molecule has 0 unspecified atom stereocenters. The smallest absolute Gasteiger partial charge is 0.321 e. The van der Waals surface area contributed by atoms with Crippen molar-refractivity contribution in [3.8, 4) is 0 Å². The van der Waals surface area contributed by atoms with Crippen LogP contribution in [-0.2, 0) is 6.54 Å². The van der Waals surface area contributed by atoms with Crippen LogP contribution < -0.4 is 10.2 Å². The van der Waals surface area contributed by atoms with Gasteiger partial charge in [0, 0.05) is 25.2 Å². The number of carbonyl (C=O) groups excluding carboxylic acids is 2. The summed E-state index contributed by atoms with van der Waals surface area (Å²) in [4.78, 5) is 32.7. The summed E-state index contributed by atoms with van der Waals surface area (Å²) in [5.74, 6) is 0.00842. The Morgan fingerprint density at radius 2 is 1.77 bits per heavy atom. The Morgan fingerprint density at radius 3 is 2.43 bits per heavy atom. The molecular formula is C23H21FN4O2. The molecule has 1 aromatic heterocycles. The molecule has 1 aliphatic rings. The van der Waals surface area contributed by atoms with E-state index < -0.39 is 0 Å². The highest BCUT2D eigenvalue weighted by atomic mass is 19.1. The van der Waals surface area contributed by atoms with Crippen LogP contribution >= 0.6 is 0 Å². The van der Waals surface area contributed by atoms with Gasteiger partial charge in [-0.2, -0.15) is 0 Å². The van der Waals surface area contributed by atoms with Crippen molar-refractivity contribution >= 4 is 23.4 Å². The van der Waals surface area contributed by atoms with Gasteiger partial charge in [0.1, 0.15) is 11.6 Å². The molecule has 1 aliphatic heterocycles. The normalized spacial score (nSPS) is 13.6. The van der Waals surface area contributed by atoms with Crippen molar-refractivity contribution in [1.29, 1.82) is 0 Å². The number of halogens is 1. The first-order valence-electron chi connectivity index (χ1n) is 9.64. The van der Waals surface area contributed by atoms with Crippen molar-refractivity contribution in [3.63, 3.8) is 0 Å². The largest absolute Gasteiger partial charge is 0.326 e. The summed E-state index contributed by atoms with van der Waals surface area (Å²) in [5, 5.41) is 2.81. The standard InChI is InChI=1S/C23H21FN4O2/c1-16-2-6-18(7-3-16)22(29)26-20-10-11-21(25-14-20)28-13-12-27(23(28)30)15-17-4-8-19(24)9-5-17/h2-11,14H,12-13,15H2,1H3,(H,26,29). The molecule has 0 saturated carbocycles. The Labute approximate surface area is 174 Å². The highest BCUT2D eigenvalue weighted by Gasteiger charge is 2.30. The van der Waals surface area contributed by atoms with Crippen molar-refractivity contribution in [3.05, 3.63) is 89.4 Å². The SMILES string of the molecule is Cc1ccc(C(=O)Nc2ccc(N3CCN(Cc4ccc(F)cc4)C3=O)nc2)cc1. The number of carbonyl (C=O) groups is 2. The minimum Gasteiger partial charge on any atom is -0.321 e. The van der Waals surface area contributed by atoms with Gasteiger partial charge >= 0.3 is 6.03 Å². The van der Waals surface area contributed by atoms with Crippen molar-refractivity contribution in [1.82, 2.24) is 9.88 Å². The first-order valence-corrected chi connectivity index (χ1v) is 9.64. The molecule has 3 amide bonds. The number of aromatic nitrogens is 1. The van der Waals surface area contributed by atoms with Crippen LogP contribution in [0.3, 0.4) is 0 Å². The third-order valence-corrected chi connectivity index (χ3v) is 4.98. The van der Waals surface area contributed by atoms with Gasteiger partial charge in [0.05, 0.1) is 11.9 Å². The van der Waals surface area contributed by atoms with E-state index in [4.69, 9.17) is 0 Å². The predicted octanol–water partition coefficient (Wildman–Crippen LogP) is 4.22. The molecule has 0 aliphatic carbocycles. The minimum atomic E-state index is -0.299. The zero-order chi connectivity index (χ0) is 21.1. The van der Waals surface area contributed by atoms with Gasteiger partial charge in [0.15, 0.2) is 0 Å². The molecule has 4 rings (SSSR count). The van der Waals surface area contributed by atoms with Gasteiger partial charge in [-0.15, -0.1) is 0 Å². The van der Waals surface area contributed by atoms with E-state index >= 15 is 0 Å². The molecule has 152 valence electrons. The van der Waals surface area contributed by atoms with E-state index in [1.54, 1.807) is 46.2 Å². The molecule has 0 spiro atoms. The van der Waals surface area contributed by atoms with Crippen LogP contribution in [0.1, 0.15) is 21.5 Å². The number of urea groups is 1. The molecule has 7 heteroatoms. The van der Waals surface area contributed by atoms with E-state index in [1.807, 2.05) is 19.1 Å². The lowest BCUT2D eigenvalue weighted by Gasteiger charge is -2.18. The molecule has 3 aromatic rings. The average molecular weight is 404 g/mol. The van der Waals surface area contributed by atoms with Gasteiger partial charge in [-0.25, -0.2) is 14.2 Å². The van der Waals surface area contributed by atoms with Crippen LogP contribution in [0, 0.1) is 12.7 Å². The first-order chi connectivity index (χ1) is 14.5. The molecule has 0 atom stereocenters. The summed E-state index contributed by atoms with van der Waals surface area (Å²) in [6, 6.07) is 16.7. The number of hydrogen-bond donors (Lipinski definition) is 1. The highest BCUT2D eigenvalue weighted by Crippen LogP contribution is 2.21. The highest BCUT2D eigenvalue weighted by molar-refractivity contribution is 6.04. The van der Waals surface area contributed by atoms with E-state index in [9.17, 15) is 14.0 Å². The third-order valence-electron chi connectivity index (χ3n) is 4.98. The van der Waals surface area contributed by atoms with E-state index in [2.05, 4.69) is 10.3 Å². The zero-order valence-electron chi connectivity index (χ0n) is 16.5. The van der Waals surface area contributed by atoms with Crippen LogP contribution in [0.4, 0.5) is 20.7 Å². The van der Waals surface area contributed by atoms with Crippen molar-refractivity contribution < 1.29 is 14.0 Å². The lowest BCUT2D eigenvalue weighted by Crippen LogP contribution is -2.31. The van der Waals surface area contributed by atoms with Crippen LogP contribution in [0.5, 0.6) is 0 Å². The lowest BCUT2D eigenvalue weighted by molar-refractivity contribution is 0.102. The monoisotopic (exact) mass is 404 g/mol. The van der Waals surface area contributed by atoms with Crippen molar-refractivity contribution in [2.45, 2.75) is 13.5 Å². The fourth-order valence-corrected chi connectivity index (χ4v) is 3.28. The summed E-state index contributed by atoms with van der Waals surface area (Å²) >= 11 is 0. The Bertz CT molecular complexity index is 1050. The number of nitrogens with one attached hydrogen (secondary N) is 1. The topological polar surface area (TPSA) is 65.5 Å². The summed E-state index contributed by atoms with van der Waals surface area (Å²) in [6.07, 6.45) is 1.54. The quantitative estimate of drug-likeness (QED) is 0.692. The number of hydrogen-bond acceptors (Lipinski definition) is 3. The average Bonchev–Trinajstić information content (AvgIpc) is 3.11. The first kappa shape index (κ1) is 19.6. The van der Waals surface area contributed by atoms with E-state index in [1.165, 1.54) is 18.3 Å². The second-order valence-corrected chi connectivity index (χ2v) is 7.21. The van der Waals surface area contributed by atoms with Gasteiger partial charge < -0.3 is 10.2 Å². The number of aryl methyl sites for hydroxylation is 1. The van der Waals surface area contributed by atoms with Gasteiger partial charge in [-0.05, 0) is 48.9 Å². The minimum absolute atomic E-state index is 0.150. The molecule has 6 nitrogen and oxygen atoms in total. The predicted molar refractivity (Wildman–Crippen MR) is 113 cm³/mol. The van der Waals surface area contributed by atoms with E-state index in [0.717, 1.165) is 11.1 Å². The maximum absolute atomic E-state index is 13.1. The van der Waals surface area contributed by atoms with Crippen molar-refractivity contribution in [2.75, 3.05) is 23.3 Å². The van der Waals surface area contributed by atoms with Crippen LogP contribution in [-0.4, -0.2) is 34.9 Å². The van der Waals surface area contributed by atoms with Gasteiger partial charge in [-0.3, -0.25) is 9.69 Å². The van der Waals surface area contributed by atoms with Crippen molar-refractivity contribution in [2.24, 2.45) is 0 Å². The number of nitrogens with zero attached hydrogens (tertiary/aromatic N) is 3. The Kier molecular flexibility index (Phi) is 5.43. The Balaban J connectivity index is 1.39. The number of benzene rings is 2. The number of pyridine rings is 1. The Hall–Kier alpha value is -3.74. The fraction of sp³-hybridized carbons (Fsp3) is 0.174. The van der Waals surface area contributed by atoms with Gasteiger partial charge in [0.25, 0.3) is 5.91 Å². The number of anilines is 2. The molecule has 0 bridgehead atoms. The number of rotatable bonds is 5. The van der Waals surface area contributed by atoms with Crippen LogP contribution in [0.2, 0.25) is 0 Å². The van der Waals surface area contributed by atoms with Crippen LogP contribution in [0.25, 0.3) is 0 Å². The summed E-state index contributed by atoms with van der Waals surface area (Å²) < 4.78 is 13.1. The van der Waals surface area contributed by atoms with E-state index in [-0.39, 0.29) is 17.8 Å². The van der Waals surface area contributed by atoms with E-state index in [0.29, 0.717) is 36.7 Å². The molecule has 2 aromatic carbocycles. The molecule has 1 fully saturated rings. The van der Waals surface area contributed by atoms with Gasteiger partial charge in [-0.1, -0.05) is 29.8 Å². The molecule has 30 heavy (non-hydrogen) atoms. The molecule has 0 radical (unpaired) electrons. The second kappa shape index (κ2) is 8.32. The molecule has 1 N–H and O–H groups in total. The molecule has 1 saturated heterocycles. The van der Waals surface area contributed by atoms with Crippen LogP contribution in [0.15, 0.2) is 66.9 Å². The number of amides is 3. The maximum Gasteiger partial charge on any atom is 0.326 e. The summed E-state index contributed by atoms with van der Waals surface area (Å²) in [5.41, 5.74) is 3.07. The zero-order valence-corrected chi connectivity index (χ0v) is 16.5. The fourth-order valence-electron chi connectivity index (χ4n) is 3.28. The maximum atomic E-state index is 13.1. The second-order valence-electron chi connectivity index (χ2n) is 7.21. The summed E-state index contributed by atoms with van der Waals surface area (Å²) in [6.45, 7) is 3.46. The third kappa shape index (κ3) is 4.30. The lowest BCUT2D eigenvalue weighted by atomic mass is 10.1. The summed E-state index contributed by atoms with van der Waals surface area (Å²) in [7, 11) is 0. The Morgan fingerprint density at radius 1 is 1.03 bits per heavy atom. The molecule has 2 heterocycles.